The number of nitrogens with one attached hydrogen (secondary N) is 1. The van der Waals surface area contributed by atoms with Crippen molar-refractivity contribution in [2.75, 3.05) is 23.9 Å². The van der Waals surface area contributed by atoms with Crippen molar-refractivity contribution in [3.05, 3.63) is 23.9 Å². The summed E-state index contributed by atoms with van der Waals surface area (Å²) in [6, 6.07) is 5.88. The summed E-state index contributed by atoms with van der Waals surface area (Å²) in [6.07, 6.45) is 2.57. The normalized spacial score (nSPS) is 12.8. The molecule has 0 radical (unpaired) electrons. The molecule has 1 atom stereocenters. The van der Waals surface area contributed by atoms with Crippen molar-refractivity contribution in [2.24, 2.45) is 0 Å². The van der Waals surface area contributed by atoms with Crippen molar-refractivity contribution >= 4 is 22.4 Å². The Kier molecular flexibility index (Phi) is 3.73. The van der Waals surface area contributed by atoms with Crippen molar-refractivity contribution in [2.45, 2.75) is 13.3 Å². The molecule has 0 amide bonds. The first-order valence-corrected chi connectivity index (χ1v) is 7.26. The Bertz CT molecular complexity index is 537. The molecule has 5 nitrogen and oxygen atoms in total. The van der Waals surface area contributed by atoms with Gasteiger partial charge in [-0.1, -0.05) is 6.07 Å². The van der Waals surface area contributed by atoms with E-state index in [1.165, 1.54) is 0 Å². The van der Waals surface area contributed by atoms with Gasteiger partial charge >= 0.3 is 0 Å². The second kappa shape index (κ2) is 5.27. The fourth-order valence-corrected chi connectivity index (χ4v) is 2.14. The van der Waals surface area contributed by atoms with Crippen LogP contribution < -0.4 is 5.32 Å². The summed E-state index contributed by atoms with van der Waals surface area (Å²) in [5.41, 5.74) is 1.89. The molecule has 0 fully saturated rings. The Hall–Kier alpha value is -1.43. The van der Waals surface area contributed by atoms with Crippen LogP contribution in [0.5, 0.6) is 0 Å². The maximum Gasteiger partial charge on any atom is 0.243 e. The number of anilines is 1. The molecule has 92 valence electrons. The zero-order chi connectivity index (χ0) is 12.3. The summed E-state index contributed by atoms with van der Waals surface area (Å²) >= 11 is 0. The Labute approximate surface area is 103 Å². The highest BCUT2D eigenvalue weighted by Gasteiger charge is 2.03. The van der Waals surface area contributed by atoms with Gasteiger partial charge in [-0.05, 0) is 25.5 Å². The number of aryl methyl sites for hydroxylation is 1. The van der Waals surface area contributed by atoms with Crippen molar-refractivity contribution in [3.63, 3.8) is 0 Å². The van der Waals surface area contributed by atoms with Gasteiger partial charge in [0.1, 0.15) is 0 Å². The van der Waals surface area contributed by atoms with Gasteiger partial charge in [0, 0.05) is 35.0 Å². The molecule has 0 bridgehead atoms. The third-order valence-electron chi connectivity index (χ3n) is 2.44. The number of aromatic nitrogens is 3. The van der Waals surface area contributed by atoms with Gasteiger partial charge in [-0.3, -0.25) is 4.21 Å². The molecule has 0 saturated carbocycles. The third-order valence-corrected chi connectivity index (χ3v) is 3.30. The largest absolute Gasteiger partial charge is 0.353 e. The van der Waals surface area contributed by atoms with Gasteiger partial charge in [-0.15, -0.1) is 5.10 Å². The number of fused-ring (bicyclic) bond motifs is 1. The zero-order valence-electron chi connectivity index (χ0n) is 10.0. The summed E-state index contributed by atoms with van der Waals surface area (Å²) in [5, 5.41) is 7.49. The van der Waals surface area contributed by atoms with E-state index in [1.807, 2.05) is 25.1 Å². The van der Waals surface area contributed by atoms with Crippen LogP contribution in [0.25, 0.3) is 5.65 Å². The first-order chi connectivity index (χ1) is 8.16. The standard InChI is InChI=1S/C11H16N4OS/c1-9-5-3-6-10-13-11(14-15(9)10)12-7-4-8-17(2)16/h3,5-6H,4,7-8H2,1-2H3,(H,12,14). The molecule has 1 unspecified atom stereocenters. The minimum atomic E-state index is -0.728. The van der Waals surface area contributed by atoms with E-state index in [2.05, 4.69) is 15.4 Å². The molecule has 0 aliphatic carbocycles. The van der Waals surface area contributed by atoms with Crippen molar-refractivity contribution < 1.29 is 4.21 Å². The zero-order valence-corrected chi connectivity index (χ0v) is 10.8. The van der Waals surface area contributed by atoms with Crippen LogP contribution >= 0.6 is 0 Å². The van der Waals surface area contributed by atoms with Crippen LogP contribution in [0.15, 0.2) is 18.2 Å². The lowest BCUT2D eigenvalue weighted by atomic mass is 10.4. The molecule has 1 N–H and O–H groups in total. The molecule has 0 aromatic carbocycles. The fourth-order valence-electron chi connectivity index (χ4n) is 1.59. The molecule has 2 aromatic rings. The van der Waals surface area contributed by atoms with E-state index in [0.717, 1.165) is 24.3 Å². The van der Waals surface area contributed by atoms with Crippen LogP contribution in [0.2, 0.25) is 0 Å². The van der Waals surface area contributed by atoms with Gasteiger partial charge in [0.25, 0.3) is 0 Å². The van der Waals surface area contributed by atoms with Gasteiger partial charge in [0.05, 0.1) is 0 Å². The molecular weight excluding hydrogens is 236 g/mol. The maximum absolute atomic E-state index is 10.9. The van der Waals surface area contributed by atoms with Gasteiger partial charge in [0.15, 0.2) is 5.65 Å². The van der Waals surface area contributed by atoms with E-state index in [-0.39, 0.29) is 0 Å². The van der Waals surface area contributed by atoms with Crippen LogP contribution in [-0.2, 0) is 10.8 Å². The lowest BCUT2D eigenvalue weighted by Gasteiger charge is -1.99. The highest BCUT2D eigenvalue weighted by atomic mass is 32.2. The van der Waals surface area contributed by atoms with E-state index in [9.17, 15) is 4.21 Å². The van der Waals surface area contributed by atoms with Crippen LogP contribution in [-0.4, -0.2) is 37.4 Å². The smallest absolute Gasteiger partial charge is 0.243 e. The van der Waals surface area contributed by atoms with E-state index in [0.29, 0.717) is 11.7 Å². The maximum atomic E-state index is 10.9. The highest BCUT2D eigenvalue weighted by Crippen LogP contribution is 2.07. The summed E-state index contributed by atoms with van der Waals surface area (Å²) < 4.78 is 12.7. The van der Waals surface area contributed by atoms with Gasteiger partial charge in [-0.2, -0.15) is 4.98 Å². The van der Waals surface area contributed by atoms with Crippen LogP contribution in [0.4, 0.5) is 5.95 Å². The van der Waals surface area contributed by atoms with E-state index >= 15 is 0 Å². The molecule has 0 saturated heterocycles. The SMILES string of the molecule is Cc1cccc2nc(NCCCS(C)=O)nn12. The molecule has 0 spiro atoms. The molecule has 2 rings (SSSR count). The van der Waals surface area contributed by atoms with Crippen LogP contribution in [0.1, 0.15) is 12.1 Å². The lowest BCUT2D eigenvalue weighted by Crippen LogP contribution is -2.07. The predicted molar refractivity (Wildman–Crippen MR) is 69.8 cm³/mol. The lowest BCUT2D eigenvalue weighted by molar-refractivity contribution is 0.685. The molecule has 2 aromatic heterocycles. The molecule has 17 heavy (non-hydrogen) atoms. The second-order valence-electron chi connectivity index (χ2n) is 3.93. The van der Waals surface area contributed by atoms with E-state index in [1.54, 1.807) is 10.8 Å². The molecular formula is C11H16N4OS. The molecule has 0 aliphatic heterocycles. The number of hydrogen-bond donors (Lipinski definition) is 1. The van der Waals surface area contributed by atoms with Crippen molar-refractivity contribution in [3.8, 4) is 0 Å². The number of pyridine rings is 1. The number of rotatable bonds is 5. The summed E-state index contributed by atoms with van der Waals surface area (Å²) in [7, 11) is -0.728. The average molecular weight is 252 g/mol. The van der Waals surface area contributed by atoms with Gasteiger partial charge in [0.2, 0.25) is 5.95 Å². The first-order valence-electron chi connectivity index (χ1n) is 5.53. The van der Waals surface area contributed by atoms with Gasteiger partial charge in [-0.25, -0.2) is 4.52 Å². The minimum Gasteiger partial charge on any atom is -0.353 e. The predicted octanol–water partition coefficient (Wildman–Crippen LogP) is 1.22. The minimum absolute atomic E-state index is 0.626. The molecule has 6 heteroatoms. The first kappa shape index (κ1) is 12.0. The highest BCUT2D eigenvalue weighted by molar-refractivity contribution is 7.84. The quantitative estimate of drug-likeness (QED) is 0.813. The molecule has 0 aliphatic rings. The molecule has 2 heterocycles. The monoisotopic (exact) mass is 252 g/mol. The van der Waals surface area contributed by atoms with Crippen molar-refractivity contribution in [1.29, 1.82) is 0 Å². The number of hydrogen-bond acceptors (Lipinski definition) is 4. The fraction of sp³-hybridized carbons (Fsp3) is 0.455. The summed E-state index contributed by atoms with van der Waals surface area (Å²) in [6.45, 7) is 2.74. The number of nitrogens with zero attached hydrogens (tertiary/aromatic N) is 3. The Morgan fingerprint density at radius 2 is 2.29 bits per heavy atom. The van der Waals surface area contributed by atoms with Crippen LogP contribution in [0.3, 0.4) is 0 Å². The Morgan fingerprint density at radius 3 is 3.00 bits per heavy atom. The Balaban J connectivity index is 2.00. The third kappa shape index (κ3) is 3.03. The summed E-state index contributed by atoms with van der Waals surface area (Å²) in [4.78, 5) is 4.36. The second-order valence-corrected chi connectivity index (χ2v) is 5.48. The van der Waals surface area contributed by atoms with Crippen LogP contribution in [0, 0.1) is 6.92 Å². The van der Waals surface area contributed by atoms with Gasteiger partial charge < -0.3 is 5.32 Å². The average Bonchev–Trinajstić information content (AvgIpc) is 2.69. The van der Waals surface area contributed by atoms with E-state index in [4.69, 9.17) is 0 Å². The van der Waals surface area contributed by atoms with E-state index < -0.39 is 10.8 Å². The summed E-state index contributed by atoms with van der Waals surface area (Å²) in [5.74, 6) is 1.33. The topological polar surface area (TPSA) is 59.3 Å². The Morgan fingerprint density at radius 1 is 1.47 bits per heavy atom. The van der Waals surface area contributed by atoms with Crippen molar-refractivity contribution in [1.82, 2.24) is 14.6 Å².